The first-order valence-electron chi connectivity index (χ1n) is 4.62. The number of aromatic nitrogens is 1. The molecule has 78 valence electrons. The van der Waals surface area contributed by atoms with E-state index in [-0.39, 0.29) is 6.61 Å². The lowest BCUT2D eigenvalue weighted by Crippen LogP contribution is -2.01. The summed E-state index contributed by atoms with van der Waals surface area (Å²) in [6.07, 6.45) is 0.834. The Bertz CT molecular complexity index is 505. The van der Waals surface area contributed by atoms with E-state index in [2.05, 4.69) is 15.9 Å². The Hall–Kier alpha value is -1.13. The molecule has 0 bridgehead atoms. The zero-order valence-corrected chi connectivity index (χ0v) is 9.57. The average Bonchev–Trinajstić information content (AvgIpc) is 2.53. The van der Waals surface area contributed by atoms with Gasteiger partial charge in [0.25, 0.3) is 0 Å². The molecular weight excluding hydrogens is 258 g/mol. The van der Waals surface area contributed by atoms with Crippen LogP contribution in [0.15, 0.2) is 28.9 Å². The predicted octanol–water partition coefficient (Wildman–Crippen LogP) is 2.21. The van der Waals surface area contributed by atoms with Crippen molar-refractivity contribution in [2.24, 2.45) is 0 Å². The fourth-order valence-corrected chi connectivity index (χ4v) is 2.41. The van der Waals surface area contributed by atoms with E-state index in [1.54, 1.807) is 0 Å². The second kappa shape index (κ2) is 4.16. The summed E-state index contributed by atoms with van der Waals surface area (Å²) in [7, 11) is 0. The van der Waals surface area contributed by atoms with Gasteiger partial charge >= 0.3 is 0 Å². The van der Waals surface area contributed by atoms with Gasteiger partial charge in [-0.3, -0.25) is 4.79 Å². The minimum atomic E-state index is 0.0512. The van der Waals surface area contributed by atoms with Crippen molar-refractivity contribution >= 4 is 33.1 Å². The second-order valence-electron chi connectivity index (χ2n) is 3.21. The highest BCUT2D eigenvalue weighted by atomic mass is 79.9. The maximum atomic E-state index is 11.0. The molecule has 0 saturated carbocycles. The number of carbonyl (C=O) groups excluding carboxylic acids is 1. The molecular formula is C11H10BrNO2. The first-order valence-corrected chi connectivity index (χ1v) is 5.41. The predicted molar refractivity (Wildman–Crippen MR) is 62.1 cm³/mol. The maximum absolute atomic E-state index is 11.0. The molecule has 1 aromatic heterocycles. The smallest absolute Gasteiger partial charge is 0.153 e. The summed E-state index contributed by atoms with van der Waals surface area (Å²) in [5.41, 5.74) is 1.60. The molecule has 3 nitrogen and oxygen atoms in total. The van der Waals surface area contributed by atoms with Crippen molar-refractivity contribution in [1.29, 1.82) is 0 Å². The average molecular weight is 268 g/mol. The van der Waals surface area contributed by atoms with Gasteiger partial charge in [-0.1, -0.05) is 18.2 Å². The molecule has 2 rings (SSSR count). The van der Waals surface area contributed by atoms with E-state index in [1.165, 1.54) is 0 Å². The van der Waals surface area contributed by atoms with E-state index in [9.17, 15) is 4.79 Å². The standard InChI is InChI=1S/C11H10BrNO2/c12-11-9(7-15)8-3-1-2-4-10(8)13(11)5-6-14/h1-4,7,14H,5-6H2. The van der Waals surface area contributed by atoms with E-state index in [0.717, 1.165) is 21.8 Å². The lowest BCUT2D eigenvalue weighted by atomic mass is 10.2. The Balaban J connectivity index is 2.78. The summed E-state index contributed by atoms with van der Waals surface area (Å²) in [6, 6.07) is 7.64. The highest BCUT2D eigenvalue weighted by Crippen LogP contribution is 2.28. The molecule has 0 fully saturated rings. The molecule has 0 saturated heterocycles. The molecule has 0 spiro atoms. The highest BCUT2D eigenvalue weighted by Gasteiger charge is 2.13. The van der Waals surface area contributed by atoms with Crippen LogP contribution in [-0.4, -0.2) is 22.6 Å². The number of nitrogens with zero attached hydrogens (tertiary/aromatic N) is 1. The Morgan fingerprint density at radius 2 is 2.13 bits per heavy atom. The zero-order valence-electron chi connectivity index (χ0n) is 7.98. The van der Waals surface area contributed by atoms with Crippen LogP contribution < -0.4 is 0 Å². The van der Waals surface area contributed by atoms with Gasteiger partial charge < -0.3 is 9.67 Å². The molecule has 0 aliphatic rings. The highest BCUT2D eigenvalue weighted by molar-refractivity contribution is 9.10. The summed E-state index contributed by atoms with van der Waals surface area (Å²) >= 11 is 3.38. The summed E-state index contributed by atoms with van der Waals surface area (Å²) in [5, 5.41) is 9.87. The third-order valence-electron chi connectivity index (χ3n) is 2.39. The third-order valence-corrected chi connectivity index (χ3v) is 3.24. The zero-order chi connectivity index (χ0) is 10.8. The Labute approximate surface area is 95.5 Å². The van der Waals surface area contributed by atoms with Gasteiger partial charge in [0.2, 0.25) is 0 Å². The van der Waals surface area contributed by atoms with Crippen LogP contribution in [0.3, 0.4) is 0 Å². The van der Waals surface area contributed by atoms with Gasteiger partial charge in [0.1, 0.15) is 0 Å². The van der Waals surface area contributed by atoms with E-state index in [1.807, 2.05) is 28.8 Å². The van der Waals surface area contributed by atoms with Crippen molar-refractivity contribution in [3.63, 3.8) is 0 Å². The molecule has 1 N–H and O–H groups in total. The van der Waals surface area contributed by atoms with Gasteiger partial charge in [-0.15, -0.1) is 0 Å². The van der Waals surface area contributed by atoms with E-state index in [4.69, 9.17) is 5.11 Å². The molecule has 0 radical (unpaired) electrons. The van der Waals surface area contributed by atoms with Gasteiger partial charge in [-0.2, -0.15) is 0 Å². The topological polar surface area (TPSA) is 42.2 Å². The monoisotopic (exact) mass is 267 g/mol. The lowest BCUT2D eigenvalue weighted by molar-refractivity contribution is 0.112. The van der Waals surface area contributed by atoms with Gasteiger partial charge in [0, 0.05) is 17.4 Å². The number of carbonyl (C=O) groups is 1. The van der Waals surface area contributed by atoms with Crippen molar-refractivity contribution in [2.75, 3.05) is 6.61 Å². The van der Waals surface area contributed by atoms with Crippen LogP contribution in [0.25, 0.3) is 10.9 Å². The van der Waals surface area contributed by atoms with Gasteiger partial charge in [0.15, 0.2) is 6.29 Å². The van der Waals surface area contributed by atoms with E-state index >= 15 is 0 Å². The number of aliphatic hydroxyl groups excluding tert-OH is 1. The minimum absolute atomic E-state index is 0.0512. The first kappa shape index (κ1) is 10.4. The summed E-state index contributed by atoms with van der Waals surface area (Å²) in [6.45, 7) is 0.532. The number of para-hydroxylation sites is 1. The normalized spacial score (nSPS) is 10.8. The molecule has 2 aromatic rings. The molecule has 4 heteroatoms. The Kier molecular flexibility index (Phi) is 2.88. The molecule has 0 amide bonds. The second-order valence-corrected chi connectivity index (χ2v) is 3.97. The number of rotatable bonds is 3. The van der Waals surface area contributed by atoms with Gasteiger partial charge in [0.05, 0.1) is 16.8 Å². The lowest BCUT2D eigenvalue weighted by Gasteiger charge is -2.03. The van der Waals surface area contributed by atoms with Crippen molar-refractivity contribution in [2.45, 2.75) is 6.54 Å². The van der Waals surface area contributed by atoms with Crippen molar-refractivity contribution in [3.8, 4) is 0 Å². The number of benzene rings is 1. The molecule has 1 aromatic carbocycles. The van der Waals surface area contributed by atoms with Crippen LogP contribution in [0.1, 0.15) is 10.4 Å². The number of fused-ring (bicyclic) bond motifs is 1. The van der Waals surface area contributed by atoms with Crippen LogP contribution in [-0.2, 0) is 6.54 Å². The number of aldehydes is 1. The summed E-state index contributed by atoms with van der Waals surface area (Å²) < 4.78 is 2.62. The maximum Gasteiger partial charge on any atom is 0.153 e. The number of hydrogen-bond acceptors (Lipinski definition) is 2. The molecule has 0 aliphatic carbocycles. The quantitative estimate of drug-likeness (QED) is 0.867. The Morgan fingerprint density at radius 3 is 2.80 bits per heavy atom. The first-order chi connectivity index (χ1) is 7.29. The SMILES string of the molecule is O=Cc1c(Br)n(CCO)c2ccccc12. The minimum Gasteiger partial charge on any atom is -0.395 e. The van der Waals surface area contributed by atoms with Gasteiger partial charge in [-0.05, 0) is 22.0 Å². The molecule has 15 heavy (non-hydrogen) atoms. The van der Waals surface area contributed by atoms with E-state index < -0.39 is 0 Å². The molecule has 0 aliphatic heterocycles. The van der Waals surface area contributed by atoms with Crippen LogP contribution in [0.2, 0.25) is 0 Å². The molecule has 0 atom stereocenters. The van der Waals surface area contributed by atoms with Crippen LogP contribution in [0.5, 0.6) is 0 Å². The number of halogens is 1. The number of aliphatic hydroxyl groups is 1. The van der Waals surface area contributed by atoms with Crippen LogP contribution in [0, 0.1) is 0 Å². The van der Waals surface area contributed by atoms with E-state index in [0.29, 0.717) is 12.1 Å². The fourth-order valence-electron chi connectivity index (χ4n) is 1.73. The van der Waals surface area contributed by atoms with Crippen molar-refractivity contribution in [1.82, 2.24) is 4.57 Å². The molecule has 0 unspecified atom stereocenters. The largest absolute Gasteiger partial charge is 0.395 e. The van der Waals surface area contributed by atoms with Crippen LogP contribution in [0.4, 0.5) is 0 Å². The van der Waals surface area contributed by atoms with Gasteiger partial charge in [-0.25, -0.2) is 0 Å². The third kappa shape index (κ3) is 1.60. The summed E-state index contributed by atoms with van der Waals surface area (Å²) in [5.74, 6) is 0. The van der Waals surface area contributed by atoms with Crippen LogP contribution >= 0.6 is 15.9 Å². The van der Waals surface area contributed by atoms with Crippen molar-refractivity contribution in [3.05, 3.63) is 34.4 Å². The Morgan fingerprint density at radius 1 is 1.40 bits per heavy atom. The molecule has 1 heterocycles. The fraction of sp³-hybridized carbons (Fsp3) is 0.182. The summed E-state index contributed by atoms with van der Waals surface area (Å²) in [4.78, 5) is 11.0. The van der Waals surface area contributed by atoms with Crippen molar-refractivity contribution < 1.29 is 9.90 Å². The number of hydrogen-bond donors (Lipinski definition) is 1.